The molecule has 4 rings (SSSR count). The van der Waals surface area contributed by atoms with Crippen molar-refractivity contribution in [2.24, 2.45) is 0 Å². The Kier molecular flexibility index (Phi) is 5.26. The summed E-state index contributed by atoms with van der Waals surface area (Å²) in [6, 6.07) is 23.7. The summed E-state index contributed by atoms with van der Waals surface area (Å²) in [5.74, 6) is -0.367. The zero-order valence-electron chi connectivity index (χ0n) is 15.8. The van der Waals surface area contributed by atoms with Crippen molar-refractivity contribution in [2.45, 2.75) is 6.42 Å². The van der Waals surface area contributed by atoms with E-state index in [1.807, 2.05) is 83.7 Å². The molecule has 0 saturated heterocycles. The van der Waals surface area contributed by atoms with E-state index in [2.05, 4.69) is 16.4 Å². The molecular formula is C24H20N4O. The third-order valence-electron chi connectivity index (χ3n) is 4.83. The Morgan fingerprint density at radius 3 is 2.69 bits per heavy atom. The van der Waals surface area contributed by atoms with Gasteiger partial charge in [-0.1, -0.05) is 36.4 Å². The summed E-state index contributed by atoms with van der Waals surface area (Å²) in [5.41, 5.74) is 4.05. The average Bonchev–Trinajstić information content (AvgIpc) is 3.39. The van der Waals surface area contributed by atoms with E-state index in [1.54, 1.807) is 6.08 Å². The summed E-state index contributed by atoms with van der Waals surface area (Å²) in [6.07, 6.45) is 6.18. The lowest BCUT2D eigenvalue weighted by Gasteiger charge is -2.07. The second-order valence-corrected chi connectivity index (χ2v) is 6.67. The first-order valence-electron chi connectivity index (χ1n) is 9.44. The van der Waals surface area contributed by atoms with Gasteiger partial charge in [0.2, 0.25) is 0 Å². The number of hydrogen-bond acceptors (Lipinski definition) is 2. The lowest BCUT2D eigenvalue weighted by Crippen LogP contribution is -2.26. The molecule has 5 heteroatoms. The molecule has 0 aliphatic rings. The van der Waals surface area contributed by atoms with E-state index in [4.69, 9.17) is 0 Å². The van der Waals surface area contributed by atoms with Crippen molar-refractivity contribution in [3.63, 3.8) is 0 Å². The standard InChI is InChI=1S/C24H20N4O/c25-16-19(15-21-9-6-14-28(21)20-7-2-1-3-8-20)24(29)26-13-12-18-17-27-23-11-5-4-10-22(18)23/h1-11,14-15,17,27H,12-13H2,(H,26,29)/b19-15-. The van der Waals surface area contributed by atoms with E-state index >= 15 is 0 Å². The first-order valence-corrected chi connectivity index (χ1v) is 9.44. The number of nitrogens with zero attached hydrogens (tertiary/aromatic N) is 2. The molecule has 2 aromatic heterocycles. The topological polar surface area (TPSA) is 73.6 Å². The van der Waals surface area contributed by atoms with Gasteiger partial charge in [0.25, 0.3) is 5.91 Å². The number of fused-ring (bicyclic) bond motifs is 1. The number of carbonyl (C=O) groups is 1. The molecule has 0 atom stereocenters. The van der Waals surface area contributed by atoms with Crippen LogP contribution < -0.4 is 5.32 Å². The van der Waals surface area contributed by atoms with Crippen LogP contribution in [0.2, 0.25) is 0 Å². The van der Waals surface area contributed by atoms with Gasteiger partial charge in [-0.2, -0.15) is 5.26 Å². The molecular weight excluding hydrogens is 360 g/mol. The number of carbonyl (C=O) groups excluding carboxylic acids is 1. The lowest BCUT2D eigenvalue weighted by molar-refractivity contribution is -0.117. The average molecular weight is 380 g/mol. The smallest absolute Gasteiger partial charge is 0.262 e. The molecule has 0 unspecified atom stereocenters. The van der Waals surface area contributed by atoms with E-state index in [1.165, 1.54) is 0 Å². The number of H-pyrrole nitrogens is 1. The number of aromatic nitrogens is 2. The highest BCUT2D eigenvalue weighted by Gasteiger charge is 2.11. The molecule has 29 heavy (non-hydrogen) atoms. The van der Waals surface area contributed by atoms with Gasteiger partial charge in [-0.15, -0.1) is 0 Å². The quantitative estimate of drug-likeness (QED) is 0.388. The zero-order valence-corrected chi connectivity index (χ0v) is 15.8. The van der Waals surface area contributed by atoms with Crippen LogP contribution in [0.25, 0.3) is 22.7 Å². The van der Waals surface area contributed by atoms with E-state index in [-0.39, 0.29) is 11.5 Å². The number of nitrogens with one attached hydrogen (secondary N) is 2. The molecule has 0 aliphatic carbocycles. The third kappa shape index (κ3) is 3.97. The van der Waals surface area contributed by atoms with Crippen molar-refractivity contribution in [3.8, 4) is 11.8 Å². The molecule has 5 nitrogen and oxygen atoms in total. The Balaban J connectivity index is 1.45. The van der Waals surface area contributed by atoms with Gasteiger partial charge in [-0.25, -0.2) is 0 Å². The maximum Gasteiger partial charge on any atom is 0.262 e. The van der Waals surface area contributed by atoms with Crippen molar-refractivity contribution >= 4 is 22.9 Å². The monoisotopic (exact) mass is 380 g/mol. The van der Waals surface area contributed by atoms with Gasteiger partial charge in [0.05, 0.1) is 0 Å². The number of amides is 1. The van der Waals surface area contributed by atoms with Crippen molar-refractivity contribution in [1.82, 2.24) is 14.9 Å². The van der Waals surface area contributed by atoms with Crippen LogP contribution in [0.3, 0.4) is 0 Å². The number of benzene rings is 2. The molecule has 0 aliphatic heterocycles. The van der Waals surface area contributed by atoms with Crippen LogP contribution in [0, 0.1) is 11.3 Å². The Labute approximate surface area is 168 Å². The van der Waals surface area contributed by atoms with Gasteiger partial charge in [0.15, 0.2) is 0 Å². The fourth-order valence-corrected chi connectivity index (χ4v) is 3.38. The molecule has 0 saturated carbocycles. The molecule has 0 bridgehead atoms. The van der Waals surface area contributed by atoms with Crippen LogP contribution >= 0.6 is 0 Å². The summed E-state index contributed by atoms with van der Waals surface area (Å²) < 4.78 is 1.94. The summed E-state index contributed by atoms with van der Waals surface area (Å²) in [5, 5.41) is 13.5. The fourth-order valence-electron chi connectivity index (χ4n) is 3.38. The highest BCUT2D eigenvalue weighted by atomic mass is 16.1. The number of rotatable bonds is 6. The van der Waals surface area contributed by atoms with Crippen LogP contribution in [0.15, 0.2) is 84.7 Å². The van der Waals surface area contributed by atoms with Crippen molar-refractivity contribution < 1.29 is 4.79 Å². The zero-order chi connectivity index (χ0) is 20.1. The van der Waals surface area contributed by atoms with Gasteiger partial charge in [-0.3, -0.25) is 4.79 Å². The Morgan fingerprint density at radius 1 is 1.07 bits per heavy atom. The highest BCUT2D eigenvalue weighted by Crippen LogP contribution is 2.18. The largest absolute Gasteiger partial charge is 0.361 e. The van der Waals surface area contributed by atoms with Crippen LogP contribution in [0.5, 0.6) is 0 Å². The summed E-state index contributed by atoms with van der Waals surface area (Å²) in [7, 11) is 0. The molecule has 0 fully saturated rings. The lowest BCUT2D eigenvalue weighted by atomic mass is 10.1. The van der Waals surface area contributed by atoms with Gasteiger partial charge in [0, 0.05) is 41.2 Å². The van der Waals surface area contributed by atoms with Gasteiger partial charge in [0.1, 0.15) is 11.6 Å². The Hall–Kier alpha value is -4.04. The van der Waals surface area contributed by atoms with Crippen molar-refractivity contribution in [3.05, 3.63) is 96.0 Å². The molecule has 4 aromatic rings. The second-order valence-electron chi connectivity index (χ2n) is 6.67. The number of hydrogen-bond donors (Lipinski definition) is 2. The predicted molar refractivity (Wildman–Crippen MR) is 114 cm³/mol. The van der Waals surface area contributed by atoms with Crippen LogP contribution in [-0.4, -0.2) is 22.0 Å². The number of para-hydroxylation sites is 2. The van der Waals surface area contributed by atoms with E-state index < -0.39 is 0 Å². The minimum absolute atomic E-state index is 0.0832. The molecule has 0 radical (unpaired) electrons. The Morgan fingerprint density at radius 2 is 1.86 bits per heavy atom. The summed E-state index contributed by atoms with van der Waals surface area (Å²) in [4.78, 5) is 15.8. The third-order valence-corrected chi connectivity index (χ3v) is 4.83. The fraction of sp³-hybridized carbons (Fsp3) is 0.0833. The van der Waals surface area contributed by atoms with Crippen LogP contribution in [0.1, 0.15) is 11.3 Å². The molecule has 2 heterocycles. The predicted octanol–water partition coefficient (Wildman–Crippen LogP) is 4.22. The number of aromatic amines is 1. The molecule has 2 N–H and O–H groups in total. The first kappa shape index (κ1) is 18.3. The van der Waals surface area contributed by atoms with Gasteiger partial charge >= 0.3 is 0 Å². The van der Waals surface area contributed by atoms with Crippen LogP contribution in [-0.2, 0) is 11.2 Å². The Bertz CT molecular complexity index is 1210. The highest BCUT2D eigenvalue weighted by molar-refractivity contribution is 6.01. The maximum absolute atomic E-state index is 12.5. The minimum Gasteiger partial charge on any atom is -0.361 e. The maximum atomic E-state index is 12.5. The van der Waals surface area contributed by atoms with E-state index in [0.29, 0.717) is 13.0 Å². The second kappa shape index (κ2) is 8.32. The number of nitriles is 1. The van der Waals surface area contributed by atoms with Gasteiger partial charge < -0.3 is 14.9 Å². The minimum atomic E-state index is -0.367. The normalized spacial score (nSPS) is 11.3. The molecule has 1 amide bonds. The van der Waals surface area contributed by atoms with Gasteiger partial charge in [-0.05, 0) is 48.4 Å². The molecule has 0 spiro atoms. The van der Waals surface area contributed by atoms with Crippen molar-refractivity contribution in [2.75, 3.05) is 6.54 Å². The summed E-state index contributed by atoms with van der Waals surface area (Å²) in [6.45, 7) is 0.458. The summed E-state index contributed by atoms with van der Waals surface area (Å²) >= 11 is 0. The first-order chi connectivity index (χ1) is 14.3. The molecule has 142 valence electrons. The van der Waals surface area contributed by atoms with E-state index in [0.717, 1.165) is 27.8 Å². The SMILES string of the molecule is N#C/C(=C/c1cccn1-c1ccccc1)C(=O)NCCc1c[nH]c2ccccc12. The van der Waals surface area contributed by atoms with E-state index in [9.17, 15) is 10.1 Å². The van der Waals surface area contributed by atoms with Crippen molar-refractivity contribution in [1.29, 1.82) is 5.26 Å². The van der Waals surface area contributed by atoms with Crippen LogP contribution in [0.4, 0.5) is 0 Å². The molecule has 2 aromatic carbocycles.